The van der Waals surface area contributed by atoms with Gasteiger partial charge in [-0.25, -0.2) is 0 Å². The third-order valence-electron chi connectivity index (χ3n) is 2.95. The fourth-order valence-corrected chi connectivity index (χ4v) is 2.74. The molecule has 0 atom stereocenters. The van der Waals surface area contributed by atoms with Crippen LogP contribution in [-0.4, -0.2) is 19.8 Å². The van der Waals surface area contributed by atoms with Crippen LogP contribution in [0.1, 0.15) is 30.3 Å². The van der Waals surface area contributed by atoms with E-state index < -0.39 is 0 Å². The zero-order valence-corrected chi connectivity index (χ0v) is 11.9. The van der Waals surface area contributed by atoms with E-state index >= 15 is 0 Å². The lowest BCUT2D eigenvalue weighted by Gasteiger charge is -2.03. The average Bonchev–Trinajstić information content (AvgIpc) is 2.92. The molecule has 0 saturated carbocycles. The van der Waals surface area contributed by atoms with E-state index in [0.717, 1.165) is 21.1 Å². The number of hydrogen-bond donors (Lipinski definition) is 1. The lowest BCUT2D eigenvalue weighted by molar-refractivity contribution is 0.802. The summed E-state index contributed by atoms with van der Waals surface area (Å²) in [5, 5.41) is 14.0. The lowest BCUT2D eigenvalue weighted by Crippen LogP contribution is -1.97. The Bertz CT molecular complexity index is 741. The van der Waals surface area contributed by atoms with Gasteiger partial charge in [-0.3, -0.25) is 0 Å². The molecule has 98 valence electrons. The average molecular weight is 273 g/mol. The highest BCUT2D eigenvalue weighted by Crippen LogP contribution is 2.28. The molecule has 0 aliphatic rings. The molecule has 0 saturated heterocycles. The summed E-state index contributed by atoms with van der Waals surface area (Å²) in [5.41, 5.74) is 8.75. The number of nitrogens with zero attached hydrogens (tertiary/aromatic N) is 4. The molecule has 6 heteroatoms. The number of benzene rings is 1. The molecule has 0 spiro atoms. The second-order valence-corrected chi connectivity index (χ2v) is 5.89. The summed E-state index contributed by atoms with van der Waals surface area (Å²) in [7, 11) is 0. The van der Waals surface area contributed by atoms with Gasteiger partial charge in [0.2, 0.25) is 4.96 Å². The minimum absolute atomic E-state index is 0.384. The summed E-state index contributed by atoms with van der Waals surface area (Å²) in [4.78, 5) is 0.805. The molecule has 2 aromatic heterocycles. The van der Waals surface area contributed by atoms with Gasteiger partial charge in [-0.05, 0) is 19.1 Å². The molecular weight excluding hydrogens is 258 g/mol. The van der Waals surface area contributed by atoms with E-state index in [9.17, 15) is 0 Å². The molecule has 0 unspecified atom stereocenters. The number of rotatable bonds is 2. The maximum absolute atomic E-state index is 6.03. The third-order valence-corrected chi connectivity index (χ3v) is 4.15. The SMILES string of the molecule is Cc1ccc(N)c(-c2nnc3sc(C(C)C)nn23)c1. The first kappa shape index (κ1) is 12.1. The van der Waals surface area contributed by atoms with E-state index in [1.54, 1.807) is 15.9 Å². The van der Waals surface area contributed by atoms with Crippen molar-refractivity contribution in [2.45, 2.75) is 26.7 Å². The van der Waals surface area contributed by atoms with Crippen LogP contribution in [0.2, 0.25) is 0 Å². The maximum atomic E-state index is 6.03. The summed E-state index contributed by atoms with van der Waals surface area (Å²) in [5.74, 6) is 1.09. The minimum atomic E-state index is 0.384. The Hall–Kier alpha value is -1.95. The number of nitrogens with two attached hydrogens (primary N) is 1. The van der Waals surface area contributed by atoms with Gasteiger partial charge >= 0.3 is 0 Å². The zero-order valence-electron chi connectivity index (χ0n) is 11.1. The van der Waals surface area contributed by atoms with Gasteiger partial charge in [0.1, 0.15) is 5.01 Å². The second-order valence-electron chi connectivity index (χ2n) is 4.90. The van der Waals surface area contributed by atoms with Gasteiger partial charge in [0, 0.05) is 17.2 Å². The number of nitrogen functional groups attached to an aromatic ring is 1. The molecule has 19 heavy (non-hydrogen) atoms. The van der Waals surface area contributed by atoms with Gasteiger partial charge in [-0.2, -0.15) is 9.61 Å². The van der Waals surface area contributed by atoms with Crippen LogP contribution in [0.3, 0.4) is 0 Å². The fourth-order valence-electron chi connectivity index (χ4n) is 1.90. The molecule has 1 aromatic carbocycles. The summed E-state index contributed by atoms with van der Waals surface area (Å²) >= 11 is 1.57. The van der Waals surface area contributed by atoms with Crippen molar-refractivity contribution in [3.63, 3.8) is 0 Å². The number of fused-ring (bicyclic) bond motifs is 1. The Morgan fingerprint density at radius 2 is 2.05 bits per heavy atom. The molecule has 2 N–H and O–H groups in total. The predicted octanol–water partition coefficient (Wildman–Crippen LogP) is 2.87. The van der Waals surface area contributed by atoms with Crippen LogP contribution in [-0.2, 0) is 0 Å². The molecule has 0 aliphatic carbocycles. The van der Waals surface area contributed by atoms with E-state index in [2.05, 4.69) is 29.1 Å². The molecule has 3 aromatic rings. The van der Waals surface area contributed by atoms with Gasteiger partial charge in [-0.15, -0.1) is 10.2 Å². The van der Waals surface area contributed by atoms with E-state index in [4.69, 9.17) is 5.73 Å². The van der Waals surface area contributed by atoms with Crippen LogP contribution in [0.15, 0.2) is 18.2 Å². The highest BCUT2D eigenvalue weighted by atomic mass is 32.1. The van der Waals surface area contributed by atoms with Crippen molar-refractivity contribution in [3.8, 4) is 11.4 Å². The van der Waals surface area contributed by atoms with Gasteiger partial charge < -0.3 is 5.73 Å². The maximum Gasteiger partial charge on any atom is 0.234 e. The fraction of sp³-hybridized carbons (Fsp3) is 0.308. The smallest absolute Gasteiger partial charge is 0.234 e. The van der Waals surface area contributed by atoms with Crippen molar-refractivity contribution >= 4 is 22.0 Å². The van der Waals surface area contributed by atoms with Gasteiger partial charge in [-0.1, -0.05) is 36.8 Å². The van der Waals surface area contributed by atoms with Crippen molar-refractivity contribution in [1.29, 1.82) is 0 Å². The van der Waals surface area contributed by atoms with Crippen LogP contribution in [0, 0.1) is 6.92 Å². The van der Waals surface area contributed by atoms with Crippen LogP contribution in [0.25, 0.3) is 16.3 Å². The first-order chi connectivity index (χ1) is 9.06. The number of anilines is 1. The highest BCUT2D eigenvalue weighted by Gasteiger charge is 2.16. The molecule has 0 amide bonds. The molecule has 0 bridgehead atoms. The first-order valence-electron chi connectivity index (χ1n) is 6.15. The van der Waals surface area contributed by atoms with E-state index in [0.29, 0.717) is 17.4 Å². The minimum Gasteiger partial charge on any atom is -0.398 e. The monoisotopic (exact) mass is 273 g/mol. The molecule has 5 nitrogen and oxygen atoms in total. The van der Waals surface area contributed by atoms with Crippen molar-refractivity contribution in [1.82, 2.24) is 19.8 Å². The molecule has 0 radical (unpaired) electrons. The molecular formula is C13H15N5S. The van der Waals surface area contributed by atoms with Crippen molar-refractivity contribution < 1.29 is 0 Å². The standard InChI is InChI=1S/C13H15N5S/c1-7(2)12-17-18-11(15-16-13(18)19-12)9-6-8(3)4-5-10(9)14/h4-7H,14H2,1-3H3. The molecule has 0 fully saturated rings. The Morgan fingerprint density at radius 3 is 2.79 bits per heavy atom. The third kappa shape index (κ3) is 1.98. The van der Waals surface area contributed by atoms with E-state index in [1.807, 2.05) is 25.1 Å². The van der Waals surface area contributed by atoms with Crippen LogP contribution >= 0.6 is 11.3 Å². The first-order valence-corrected chi connectivity index (χ1v) is 6.96. The van der Waals surface area contributed by atoms with E-state index in [-0.39, 0.29) is 0 Å². The number of aromatic nitrogens is 4. The Balaban J connectivity index is 2.22. The van der Waals surface area contributed by atoms with Gasteiger partial charge in [0.25, 0.3) is 0 Å². The summed E-state index contributed by atoms with van der Waals surface area (Å²) in [6, 6.07) is 5.89. The van der Waals surface area contributed by atoms with Gasteiger partial charge in [0.15, 0.2) is 5.82 Å². The Morgan fingerprint density at radius 1 is 1.26 bits per heavy atom. The number of hydrogen-bond acceptors (Lipinski definition) is 5. The Kier molecular flexibility index (Phi) is 2.74. The van der Waals surface area contributed by atoms with Crippen molar-refractivity contribution in [2.24, 2.45) is 0 Å². The molecule has 3 rings (SSSR count). The number of aryl methyl sites for hydroxylation is 1. The van der Waals surface area contributed by atoms with Crippen molar-refractivity contribution in [2.75, 3.05) is 5.73 Å². The quantitative estimate of drug-likeness (QED) is 0.729. The second kappa shape index (κ2) is 4.31. The zero-order chi connectivity index (χ0) is 13.6. The highest BCUT2D eigenvalue weighted by molar-refractivity contribution is 7.16. The topological polar surface area (TPSA) is 69.1 Å². The van der Waals surface area contributed by atoms with Crippen LogP contribution in [0.4, 0.5) is 5.69 Å². The van der Waals surface area contributed by atoms with Crippen LogP contribution < -0.4 is 5.73 Å². The van der Waals surface area contributed by atoms with Crippen molar-refractivity contribution in [3.05, 3.63) is 28.8 Å². The largest absolute Gasteiger partial charge is 0.398 e. The lowest BCUT2D eigenvalue weighted by atomic mass is 10.1. The van der Waals surface area contributed by atoms with Crippen LogP contribution in [0.5, 0.6) is 0 Å². The summed E-state index contributed by atoms with van der Waals surface area (Å²) in [6.45, 7) is 6.26. The molecule has 2 heterocycles. The summed E-state index contributed by atoms with van der Waals surface area (Å²) < 4.78 is 1.78. The summed E-state index contributed by atoms with van der Waals surface area (Å²) in [6.07, 6.45) is 0. The van der Waals surface area contributed by atoms with Gasteiger partial charge in [0.05, 0.1) is 0 Å². The Labute approximate surface area is 115 Å². The van der Waals surface area contributed by atoms with E-state index in [1.165, 1.54) is 0 Å². The molecule has 0 aliphatic heterocycles. The normalized spacial score (nSPS) is 11.6. The predicted molar refractivity (Wildman–Crippen MR) is 77.3 cm³/mol.